The monoisotopic (exact) mass is 190 g/mol. The Morgan fingerprint density at radius 1 is 1.50 bits per heavy atom. The molecule has 74 valence electrons. The summed E-state index contributed by atoms with van der Waals surface area (Å²) >= 11 is 0. The molecule has 0 N–H and O–H groups in total. The fourth-order valence-electron chi connectivity index (χ4n) is 2.20. The van der Waals surface area contributed by atoms with E-state index in [1.54, 1.807) is 7.11 Å². The maximum atomic E-state index is 10.9. The van der Waals surface area contributed by atoms with Gasteiger partial charge in [0.2, 0.25) is 0 Å². The van der Waals surface area contributed by atoms with E-state index in [4.69, 9.17) is 4.74 Å². The molecular weight excluding hydrogens is 176 g/mol. The Balaban J connectivity index is 2.51. The van der Waals surface area contributed by atoms with Crippen molar-refractivity contribution in [1.29, 1.82) is 0 Å². The summed E-state index contributed by atoms with van der Waals surface area (Å²) in [4.78, 5) is 10.9. The zero-order chi connectivity index (χ0) is 9.97. The van der Waals surface area contributed by atoms with Gasteiger partial charge in [0.05, 0.1) is 7.11 Å². The molecule has 0 fully saturated rings. The number of aldehydes is 1. The first-order valence-electron chi connectivity index (χ1n) is 4.98. The number of rotatable bonds is 2. The van der Waals surface area contributed by atoms with E-state index in [9.17, 15) is 4.79 Å². The Morgan fingerprint density at radius 3 is 3.07 bits per heavy atom. The van der Waals surface area contributed by atoms with Crippen molar-refractivity contribution in [2.75, 3.05) is 7.11 Å². The summed E-state index contributed by atoms with van der Waals surface area (Å²) in [5.41, 5.74) is 2.38. The number of fused-ring (bicyclic) bond motifs is 1. The van der Waals surface area contributed by atoms with Gasteiger partial charge in [-0.25, -0.2) is 0 Å². The molecule has 2 heteroatoms. The highest BCUT2D eigenvalue weighted by Gasteiger charge is 2.22. The molecule has 0 saturated heterocycles. The average molecular weight is 190 g/mol. The molecule has 1 aliphatic rings. The molecule has 1 aliphatic carbocycles. The molecule has 1 aromatic carbocycles. The minimum atomic E-state index is 0.0369. The fourth-order valence-corrected chi connectivity index (χ4v) is 2.20. The Bertz CT molecular complexity index is 330. The first kappa shape index (κ1) is 9.25. The smallest absolute Gasteiger partial charge is 0.127 e. The summed E-state index contributed by atoms with van der Waals surface area (Å²) in [7, 11) is 1.66. The maximum absolute atomic E-state index is 10.9. The molecule has 1 unspecified atom stereocenters. The van der Waals surface area contributed by atoms with Crippen LogP contribution in [0.4, 0.5) is 0 Å². The number of carbonyl (C=O) groups excluding carboxylic acids is 1. The Morgan fingerprint density at radius 2 is 2.36 bits per heavy atom. The van der Waals surface area contributed by atoms with Gasteiger partial charge in [0.1, 0.15) is 12.0 Å². The summed E-state index contributed by atoms with van der Waals surface area (Å²) in [6.45, 7) is 0. The number of methoxy groups -OCH3 is 1. The SMILES string of the molecule is COc1cccc2c1C(C=O)CCC2. The van der Waals surface area contributed by atoms with Gasteiger partial charge in [0, 0.05) is 11.5 Å². The number of aryl methyl sites for hydroxylation is 1. The van der Waals surface area contributed by atoms with Gasteiger partial charge in [-0.05, 0) is 30.9 Å². The molecule has 14 heavy (non-hydrogen) atoms. The largest absolute Gasteiger partial charge is 0.496 e. The molecule has 2 rings (SSSR count). The second-order valence-electron chi connectivity index (χ2n) is 3.67. The van der Waals surface area contributed by atoms with Crippen LogP contribution in [0.3, 0.4) is 0 Å². The molecule has 0 aromatic heterocycles. The molecule has 0 heterocycles. The van der Waals surface area contributed by atoms with Crippen molar-refractivity contribution in [3.8, 4) is 5.75 Å². The van der Waals surface area contributed by atoms with Crippen LogP contribution in [-0.2, 0) is 11.2 Å². The zero-order valence-corrected chi connectivity index (χ0v) is 8.32. The number of hydrogen-bond acceptors (Lipinski definition) is 2. The van der Waals surface area contributed by atoms with Gasteiger partial charge in [-0.2, -0.15) is 0 Å². The molecule has 1 atom stereocenters. The molecule has 0 aliphatic heterocycles. The summed E-state index contributed by atoms with van der Waals surface area (Å²) in [6, 6.07) is 6.01. The average Bonchev–Trinajstić information content (AvgIpc) is 2.27. The van der Waals surface area contributed by atoms with Crippen molar-refractivity contribution in [3.05, 3.63) is 29.3 Å². The lowest BCUT2D eigenvalue weighted by Crippen LogP contribution is -2.12. The van der Waals surface area contributed by atoms with Crippen LogP contribution in [0.5, 0.6) is 5.75 Å². The van der Waals surface area contributed by atoms with Gasteiger partial charge in [-0.15, -0.1) is 0 Å². The van der Waals surface area contributed by atoms with Gasteiger partial charge in [-0.3, -0.25) is 0 Å². The van der Waals surface area contributed by atoms with Crippen molar-refractivity contribution in [1.82, 2.24) is 0 Å². The lowest BCUT2D eigenvalue weighted by atomic mass is 9.83. The number of benzene rings is 1. The predicted molar refractivity (Wildman–Crippen MR) is 54.7 cm³/mol. The fraction of sp³-hybridized carbons (Fsp3) is 0.417. The van der Waals surface area contributed by atoms with E-state index < -0.39 is 0 Å². The lowest BCUT2D eigenvalue weighted by molar-refractivity contribution is -0.109. The first-order chi connectivity index (χ1) is 6.86. The summed E-state index contributed by atoms with van der Waals surface area (Å²) in [6.07, 6.45) is 4.16. The van der Waals surface area contributed by atoms with Crippen molar-refractivity contribution in [2.45, 2.75) is 25.2 Å². The number of hydrogen-bond donors (Lipinski definition) is 0. The highest BCUT2D eigenvalue weighted by Crippen LogP contribution is 2.36. The Kier molecular flexibility index (Phi) is 2.53. The van der Waals surface area contributed by atoms with Crippen LogP contribution in [0.1, 0.15) is 29.9 Å². The Labute approximate surface area is 83.9 Å². The van der Waals surface area contributed by atoms with E-state index in [0.29, 0.717) is 0 Å². The Hall–Kier alpha value is -1.31. The van der Waals surface area contributed by atoms with Crippen molar-refractivity contribution in [2.24, 2.45) is 0 Å². The highest BCUT2D eigenvalue weighted by atomic mass is 16.5. The van der Waals surface area contributed by atoms with Crippen molar-refractivity contribution in [3.63, 3.8) is 0 Å². The molecule has 0 radical (unpaired) electrons. The number of carbonyl (C=O) groups is 1. The lowest BCUT2D eigenvalue weighted by Gasteiger charge is -2.23. The van der Waals surface area contributed by atoms with Crippen LogP contribution in [0, 0.1) is 0 Å². The van der Waals surface area contributed by atoms with E-state index >= 15 is 0 Å². The molecule has 2 nitrogen and oxygen atoms in total. The second kappa shape index (κ2) is 3.82. The van der Waals surface area contributed by atoms with Gasteiger partial charge in [0.25, 0.3) is 0 Å². The van der Waals surface area contributed by atoms with Crippen molar-refractivity contribution >= 4 is 6.29 Å². The van der Waals surface area contributed by atoms with Gasteiger partial charge in [-0.1, -0.05) is 12.1 Å². The molecule has 0 spiro atoms. The van der Waals surface area contributed by atoms with Crippen LogP contribution in [0.15, 0.2) is 18.2 Å². The molecule has 0 saturated carbocycles. The minimum absolute atomic E-state index is 0.0369. The van der Waals surface area contributed by atoms with Crippen LogP contribution in [-0.4, -0.2) is 13.4 Å². The molecule has 1 aromatic rings. The first-order valence-corrected chi connectivity index (χ1v) is 4.98. The quantitative estimate of drug-likeness (QED) is 0.669. The van der Waals surface area contributed by atoms with E-state index in [0.717, 1.165) is 36.9 Å². The third kappa shape index (κ3) is 1.41. The summed E-state index contributed by atoms with van der Waals surface area (Å²) < 4.78 is 5.29. The second-order valence-corrected chi connectivity index (χ2v) is 3.67. The van der Waals surface area contributed by atoms with E-state index in [1.165, 1.54) is 5.56 Å². The van der Waals surface area contributed by atoms with Gasteiger partial charge < -0.3 is 9.53 Å². The molecular formula is C12H14O2. The topological polar surface area (TPSA) is 26.3 Å². The van der Waals surface area contributed by atoms with E-state index in [-0.39, 0.29) is 5.92 Å². The van der Waals surface area contributed by atoms with Crippen molar-refractivity contribution < 1.29 is 9.53 Å². The zero-order valence-electron chi connectivity index (χ0n) is 8.32. The van der Waals surface area contributed by atoms with E-state index in [1.807, 2.05) is 12.1 Å². The summed E-state index contributed by atoms with van der Waals surface area (Å²) in [5.74, 6) is 0.897. The molecule has 0 bridgehead atoms. The highest BCUT2D eigenvalue weighted by molar-refractivity contribution is 5.66. The predicted octanol–water partition coefficient (Wildman–Crippen LogP) is 2.31. The van der Waals surface area contributed by atoms with Gasteiger partial charge >= 0.3 is 0 Å². The van der Waals surface area contributed by atoms with Gasteiger partial charge in [0.15, 0.2) is 0 Å². The van der Waals surface area contributed by atoms with Crippen LogP contribution in [0.2, 0.25) is 0 Å². The standard InChI is InChI=1S/C12H14O2/c1-14-11-7-3-5-9-4-2-6-10(8-13)12(9)11/h3,5,7-8,10H,2,4,6H2,1H3. The third-order valence-corrected chi connectivity index (χ3v) is 2.87. The third-order valence-electron chi connectivity index (χ3n) is 2.87. The van der Waals surface area contributed by atoms with Crippen LogP contribution >= 0.6 is 0 Å². The minimum Gasteiger partial charge on any atom is -0.496 e. The summed E-state index contributed by atoms with van der Waals surface area (Å²) in [5, 5.41) is 0. The molecule has 0 amide bonds. The van der Waals surface area contributed by atoms with Crippen LogP contribution < -0.4 is 4.74 Å². The number of ether oxygens (including phenoxy) is 1. The van der Waals surface area contributed by atoms with Crippen LogP contribution in [0.25, 0.3) is 0 Å². The normalized spacial score (nSPS) is 19.9. The van der Waals surface area contributed by atoms with E-state index in [2.05, 4.69) is 6.07 Å². The maximum Gasteiger partial charge on any atom is 0.127 e.